The van der Waals surface area contributed by atoms with Crippen molar-refractivity contribution in [3.8, 4) is 0 Å². The highest BCUT2D eigenvalue weighted by Crippen LogP contribution is 2.24. The zero-order valence-electron chi connectivity index (χ0n) is 10.9. The number of aryl methyl sites for hydroxylation is 1. The number of amides is 1. The molecule has 1 unspecified atom stereocenters. The summed E-state index contributed by atoms with van der Waals surface area (Å²) in [5.74, 6) is 0.0346. The van der Waals surface area contributed by atoms with Crippen molar-refractivity contribution >= 4 is 17.2 Å². The predicted molar refractivity (Wildman–Crippen MR) is 73.6 cm³/mol. The van der Waals surface area contributed by atoms with E-state index in [1.807, 2.05) is 11.8 Å². The SMILES string of the molecule is C=CC(=O)N1CCN(C(C)c2nc(C)cs2)CC1. The Morgan fingerprint density at radius 2 is 2.17 bits per heavy atom. The molecule has 0 saturated carbocycles. The summed E-state index contributed by atoms with van der Waals surface area (Å²) in [5, 5.41) is 3.25. The van der Waals surface area contributed by atoms with Crippen LogP contribution in [0.2, 0.25) is 0 Å². The fourth-order valence-electron chi connectivity index (χ4n) is 2.18. The second-order valence-electron chi connectivity index (χ2n) is 4.57. The van der Waals surface area contributed by atoms with Gasteiger partial charge < -0.3 is 4.90 Å². The van der Waals surface area contributed by atoms with E-state index in [0.717, 1.165) is 36.9 Å². The van der Waals surface area contributed by atoms with Gasteiger partial charge in [0.1, 0.15) is 5.01 Å². The maximum Gasteiger partial charge on any atom is 0.246 e. The molecule has 0 aliphatic carbocycles. The standard InChI is InChI=1S/C13H19N3OS/c1-4-12(17)16-7-5-15(6-8-16)11(3)13-14-10(2)9-18-13/h4,9,11H,1,5-8H2,2-3H3. The first-order chi connectivity index (χ1) is 8.61. The first-order valence-corrected chi connectivity index (χ1v) is 7.07. The van der Waals surface area contributed by atoms with Crippen LogP contribution in [0, 0.1) is 6.92 Å². The van der Waals surface area contributed by atoms with Crippen molar-refractivity contribution in [2.45, 2.75) is 19.9 Å². The maximum atomic E-state index is 11.5. The molecule has 1 aromatic heterocycles. The number of rotatable bonds is 3. The molecule has 2 rings (SSSR count). The van der Waals surface area contributed by atoms with Crippen molar-refractivity contribution in [2.75, 3.05) is 26.2 Å². The molecule has 4 nitrogen and oxygen atoms in total. The highest BCUT2D eigenvalue weighted by molar-refractivity contribution is 7.09. The Morgan fingerprint density at radius 3 is 2.67 bits per heavy atom. The molecule has 0 aromatic carbocycles. The zero-order valence-corrected chi connectivity index (χ0v) is 11.7. The molecule has 0 N–H and O–H groups in total. The maximum absolute atomic E-state index is 11.5. The number of piperazine rings is 1. The lowest BCUT2D eigenvalue weighted by Gasteiger charge is -2.37. The number of hydrogen-bond acceptors (Lipinski definition) is 4. The summed E-state index contributed by atoms with van der Waals surface area (Å²) in [6.07, 6.45) is 1.39. The Morgan fingerprint density at radius 1 is 1.50 bits per heavy atom. The van der Waals surface area contributed by atoms with Crippen LogP contribution in [0.5, 0.6) is 0 Å². The van der Waals surface area contributed by atoms with Crippen LogP contribution >= 0.6 is 11.3 Å². The van der Waals surface area contributed by atoms with E-state index in [0.29, 0.717) is 6.04 Å². The smallest absolute Gasteiger partial charge is 0.246 e. The van der Waals surface area contributed by atoms with Gasteiger partial charge in [-0.15, -0.1) is 11.3 Å². The van der Waals surface area contributed by atoms with Gasteiger partial charge in [-0.25, -0.2) is 4.98 Å². The van der Waals surface area contributed by atoms with E-state index in [2.05, 4.69) is 28.8 Å². The van der Waals surface area contributed by atoms with Crippen LogP contribution in [-0.2, 0) is 4.79 Å². The van der Waals surface area contributed by atoms with E-state index in [1.54, 1.807) is 11.3 Å². The molecule has 0 bridgehead atoms. The van der Waals surface area contributed by atoms with E-state index in [-0.39, 0.29) is 5.91 Å². The van der Waals surface area contributed by atoms with E-state index >= 15 is 0 Å². The summed E-state index contributed by atoms with van der Waals surface area (Å²) in [7, 11) is 0. The van der Waals surface area contributed by atoms with Gasteiger partial charge in [0.05, 0.1) is 6.04 Å². The highest BCUT2D eigenvalue weighted by Gasteiger charge is 2.24. The monoisotopic (exact) mass is 265 g/mol. The molecule has 1 aliphatic heterocycles. The first kappa shape index (κ1) is 13.2. The molecule has 5 heteroatoms. The molecule has 98 valence electrons. The summed E-state index contributed by atoms with van der Waals surface area (Å²) in [4.78, 5) is 20.3. The van der Waals surface area contributed by atoms with Crippen LogP contribution in [0.4, 0.5) is 0 Å². The van der Waals surface area contributed by atoms with Crippen LogP contribution in [0.25, 0.3) is 0 Å². The van der Waals surface area contributed by atoms with E-state index in [1.165, 1.54) is 6.08 Å². The largest absolute Gasteiger partial charge is 0.337 e. The molecule has 0 spiro atoms. The summed E-state index contributed by atoms with van der Waals surface area (Å²) in [6, 6.07) is 0.338. The Hall–Kier alpha value is -1.20. The van der Waals surface area contributed by atoms with Crippen molar-refractivity contribution in [2.24, 2.45) is 0 Å². The van der Waals surface area contributed by atoms with Crippen LogP contribution in [-0.4, -0.2) is 46.9 Å². The Balaban J connectivity index is 1.93. The Kier molecular flexibility index (Phi) is 4.14. The molecule has 1 saturated heterocycles. The quantitative estimate of drug-likeness (QED) is 0.783. The average molecular weight is 265 g/mol. The summed E-state index contributed by atoms with van der Waals surface area (Å²) in [5.41, 5.74) is 1.09. The number of aromatic nitrogens is 1. The third-order valence-corrected chi connectivity index (χ3v) is 4.48. The number of nitrogens with zero attached hydrogens (tertiary/aromatic N) is 3. The molecule has 1 fully saturated rings. The van der Waals surface area contributed by atoms with Crippen LogP contribution in [0.15, 0.2) is 18.0 Å². The molecule has 1 aromatic rings. The molecular formula is C13H19N3OS. The van der Waals surface area contributed by atoms with Gasteiger partial charge in [0.2, 0.25) is 5.91 Å². The molecule has 18 heavy (non-hydrogen) atoms. The third-order valence-electron chi connectivity index (χ3n) is 3.34. The lowest BCUT2D eigenvalue weighted by Crippen LogP contribution is -2.48. The lowest BCUT2D eigenvalue weighted by molar-refractivity contribution is -0.128. The fourth-order valence-corrected chi connectivity index (χ4v) is 3.07. The molecule has 1 aliphatic rings. The topological polar surface area (TPSA) is 36.4 Å². The number of carbonyl (C=O) groups is 1. The van der Waals surface area contributed by atoms with E-state index < -0.39 is 0 Å². The minimum atomic E-state index is 0.0346. The number of hydrogen-bond donors (Lipinski definition) is 0. The molecule has 0 radical (unpaired) electrons. The Labute approximate surface area is 112 Å². The minimum absolute atomic E-state index is 0.0346. The van der Waals surface area contributed by atoms with E-state index in [4.69, 9.17) is 0 Å². The van der Waals surface area contributed by atoms with Gasteiger partial charge >= 0.3 is 0 Å². The van der Waals surface area contributed by atoms with Crippen LogP contribution in [0.3, 0.4) is 0 Å². The normalized spacial score (nSPS) is 18.7. The zero-order chi connectivity index (χ0) is 13.1. The summed E-state index contributed by atoms with van der Waals surface area (Å²) < 4.78 is 0. The summed E-state index contributed by atoms with van der Waals surface area (Å²) >= 11 is 1.71. The summed E-state index contributed by atoms with van der Waals surface area (Å²) in [6.45, 7) is 11.1. The molecule has 2 heterocycles. The molecule has 1 atom stereocenters. The molecule has 1 amide bonds. The van der Waals surface area contributed by atoms with Gasteiger partial charge in [-0.2, -0.15) is 0 Å². The highest BCUT2D eigenvalue weighted by atomic mass is 32.1. The van der Waals surface area contributed by atoms with Crippen LogP contribution in [0.1, 0.15) is 23.7 Å². The van der Waals surface area contributed by atoms with Crippen molar-refractivity contribution in [3.05, 3.63) is 28.7 Å². The van der Waals surface area contributed by atoms with Gasteiger partial charge in [0.15, 0.2) is 0 Å². The Bertz CT molecular complexity index is 435. The van der Waals surface area contributed by atoms with Gasteiger partial charge in [0, 0.05) is 37.3 Å². The van der Waals surface area contributed by atoms with E-state index in [9.17, 15) is 4.79 Å². The van der Waals surface area contributed by atoms with Crippen molar-refractivity contribution in [3.63, 3.8) is 0 Å². The van der Waals surface area contributed by atoms with Crippen molar-refractivity contribution in [1.82, 2.24) is 14.8 Å². The first-order valence-electron chi connectivity index (χ1n) is 6.19. The van der Waals surface area contributed by atoms with Crippen molar-refractivity contribution < 1.29 is 4.79 Å². The molecular weight excluding hydrogens is 246 g/mol. The van der Waals surface area contributed by atoms with Gasteiger partial charge in [-0.1, -0.05) is 6.58 Å². The number of thiazole rings is 1. The average Bonchev–Trinajstić information content (AvgIpc) is 2.84. The minimum Gasteiger partial charge on any atom is -0.337 e. The number of carbonyl (C=O) groups excluding carboxylic acids is 1. The second-order valence-corrected chi connectivity index (χ2v) is 5.46. The van der Waals surface area contributed by atoms with Crippen LogP contribution < -0.4 is 0 Å². The van der Waals surface area contributed by atoms with Gasteiger partial charge in [-0.3, -0.25) is 9.69 Å². The lowest BCUT2D eigenvalue weighted by atomic mass is 10.2. The van der Waals surface area contributed by atoms with Gasteiger partial charge in [-0.05, 0) is 19.9 Å². The van der Waals surface area contributed by atoms with Crippen molar-refractivity contribution in [1.29, 1.82) is 0 Å². The predicted octanol–water partition coefficient (Wildman–Crippen LogP) is 1.84. The van der Waals surface area contributed by atoms with Gasteiger partial charge in [0.25, 0.3) is 0 Å². The third kappa shape index (κ3) is 2.79. The second kappa shape index (κ2) is 5.63. The fraction of sp³-hybridized carbons (Fsp3) is 0.538.